The van der Waals surface area contributed by atoms with Crippen LogP contribution in [0.15, 0.2) is 72.8 Å². The first kappa shape index (κ1) is 25.3. The van der Waals surface area contributed by atoms with E-state index in [1.165, 1.54) is 45.1 Å². The molecule has 1 unspecified atom stereocenters. The Morgan fingerprint density at radius 1 is 0.784 bits per heavy atom. The monoisotopic (exact) mass is 506 g/mol. The van der Waals surface area contributed by atoms with Crippen LogP contribution in [0.5, 0.6) is 11.5 Å². The van der Waals surface area contributed by atoms with E-state index in [1.807, 2.05) is 42.5 Å². The lowest BCUT2D eigenvalue weighted by atomic mass is 9.74. The van der Waals surface area contributed by atoms with Crippen molar-refractivity contribution in [2.45, 2.75) is 52.3 Å². The molecule has 4 heteroatoms. The van der Waals surface area contributed by atoms with Gasteiger partial charge in [0.1, 0.15) is 11.5 Å². The Morgan fingerprint density at radius 2 is 1.38 bits per heavy atom. The zero-order valence-corrected chi connectivity index (χ0v) is 23.2. The zero-order valence-electron chi connectivity index (χ0n) is 22.4. The minimum absolute atomic E-state index is 0.168. The van der Waals surface area contributed by atoms with Gasteiger partial charge in [0.15, 0.2) is 0 Å². The van der Waals surface area contributed by atoms with Gasteiger partial charge in [-0.05, 0) is 84.8 Å². The summed E-state index contributed by atoms with van der Waals surface area (Å²) in [7, 11) is 0. The van der Waals surface area contributed by atoms with Gasteiger partial charge in [0.05, 0.1) is 10.4 Å². The summed E-state index contributed by atoms with van der Waals surface area (Å²) in [6.45, 7) is 13.1. The van der Waals surface area contributed by atoms with Gasteiger partial charge < -0.3 is 10.5 Å². The lowest BCUT2D eigenvalue weighted by molar-refractivity contribution is 0.418. The Kier molecular flexibility index (Phi) is 6.51. The van der Waals surface area contributed by atoms with Crippen LogP contribution < -0.4 is 10.5 Å². The van der Waals surface area contributed by atoms with Crippen molar-refractivity contribution in [2.75, 3.05) is 0 Å². The molecule has 0 saturated carbocycles. The third-order valence-corrected chi connectivity index (χ3v) is 8.91. The summed E-state index contributed by atoms with van der Waals surface area (Å²) < 4.78 is 6.29. The van der Waals surface area contributed by atoms with E-state index in [4.69, 9.17) is 15.9 Å². The predicted octanol–water partition coefficient (Wildman–Crippen LogP) is 8.73. The van der Waals surface area contributed by atoms with Crippen molar-refractivity contribution in [1.82, 2.24) is 0 Å². The highest BCUT2D eigenvalue weighted by Crippen LogP contribution is 2.49. The van der Waals surface area contributed by atoms with Gasteiger partial charge in [-0.15, -0.1) is 0 Å². The highest BCUT2D eigenvalue weighted by molar-refractivity contribution is 8.14. The molecule has 0 spiro atoms. The lowest BCUT2D eigenvalue weighted by Gasteiger charge is -2.35. The van der Waals surface area contributed by atoms with E-state index in [2.05, 4.69) is 71.9 Å². The summed E-state index contributed by atoms with van der Waals surface area (Å²) in [6.07, 6.45) is 0. The maximum Gasteiger partial charge on any atom is 0.131 e. The standard InChI is InChI=1S/C33H34N2OS/c1-19-21(3)30(32(35)37-31(34)23-12-8-7-9-13-23)22(4)20(2)29(19)24-16-17-28-26(18-24)33(5,6)25-14-10-11-15-27(25)36-28/h7-18,31,35H,34H2,1-6H3. The number of nitrogens with one attached hydrogen (secondary N) is 1. The molecule has 188 valence electrons. The van der Waals surface area contributed by atoms with Gasteiger partial charge >= 0.3 is 0 Å². The average molecular weight is 507 g/mol. The third kappa shape index (κ3) is 4.28. The molecule has 1 atom stereocenters. The molecule has 0 fully saturated rings. The number of nitrogens with two attached hydrogens (primary N) is 1. The van der Waals surface area contributed by atoms with E-state index in [0.29, 0.717) is 5.04 Å². The van der Waals surface area contributed by atoms with E-state index in [-0.39, 0.29) is 10.8 Å². The molecule has 4 aromatic rings. The van der Waals surface area contributed by atoms with Crippen LogP contribution >= 0.6 is 11.8 Å². The predicted molar refractivity (Wildman–Crippen MR) is 157 cm³/mol. The molecule has 5 rings (SSSR count). The highest BCUT2D eigenvalue weighted by Gasteiger charge is 2.34. The molecule has 0 amide bonds. The van der Waals surface area contributed by atoms with Crippen LogP contribution in [0.25, 0.3) is 11.1 Å². The maximum absolute atomic E-state index is 8.97. The zero-order chi connectivity index (χ0) is 26.5. The van der Waals surface area contributed by atoms with Gasteiger partial charge in [0.2, 0.25) is 0 Å². The molecule has 0 bridgehead atoms. The van der Waals surface area contributed by atoms with Crippen LogP contribution in [0.4, 0.5) is 0 Å². The minimum atomic E-state index is -0.279. The quantitative estimate of drug-likeness (QED) is 0.165. The SMILES string of the molecule is Cc1c(C)c(-c2ccc3c(c2)C(C)(C)c2ccccc2O3)c(C)c(C)c1C(=N)SC(N)c1ccccc1. The Labute approximate surface area is 224 Å². The molecular formula is C33H34N2OS. The summed E-state index contributed by atoms with van der Waals surface area (Å²) in [5, 5.41) is 9.21. The van der Waals surface area contributed by atoms with Gasteiger partial charge in [-0.2, -0.15) is 0 Å². The van der Waals surface area contributed by atoms with Gasteiger partial charge in [-0.1, -0.05) is 80.2 Å². The number of fused-ring (bicyclic) bond motifs is 2. The Balaban J connectivity index is 1.55. The van der Waals surface area contributed by atoms with E-state index < -0.39 is 0 Å². The van der Waals surface area contributed by atoms with Crippen molar-refractivity contribution in [3.05, 3.63) is 117 Å². The first-order chi connectivity index (χ1) is 17.6. The summed E-state index contributed by atoms with van der Waals surface area (Å²) in [5.74, 6) is 1.85. The van der Waals surface area contributed by atoms with Crippen LogP contribution in [-0.2, 0) is 5.41 Å². The molecule has 1 aliphatic rings. The number of para-hydroxylation sites is 1. The second-order valence-corrected chi connectivity index (χ2v) is 11.6. The van der Waals surface area contributed by atoms with Crippen molar-refractivity contribution in [2.24, 2.45) is 5.73 Å². The minimum Gasteiger partial charge on any atom is -0.457 e. The molecular weight excluding hydrogens is 472 g/mol. The average Bonchev–Trinajstić information content (AvgIpc) is 2.89. The van der Waals surface area contributed by atoms with E-state index in [9.17, 15) is 0 Å². The second-order valence-electron chi connectivity index (χ2n) is 10.5. The highest BCUT2D eigenvalue weighted by atomic mass is 32.2. The third-order valence-electron chi connectivity index (χ3n) is 7.95. The van der Waals surface area contributed by atoms with Crippen LogP contribution in [-0.4, -0.2) is 5.04 Å². The number of hydrogen-bond acceptors (Lipinski definition) is 4. The molecule has 0 aliphatic carbocycles. The van der Waals surface area contributed by atoms with Crippen molar-refractivity contribution in [1.29, 1.82) is 5.41 Å². The molecule has 1 heterocycles. The molecule has 3 nitrogen and oxygen atoms in total. The number of hydrogen-bond donors (Lipinski definition) is 2. The van der Waals surface area contributed by atoms with Gasteiger partial charge in [-0.25, -0.2) is 0 Å². The topological polar surface area (TPSA) is 59.1 Å². The van der Waals surface area contributed by atoms with E-state index in [0.717, 1.165) is 33.8 Å². The number of ether oxygens (including phenoxy) is 1. The Hall–Kier alpha value is -3.34. The van der Waals surface area contributed by atoms with Crippen LogP contribution in [0.1, 0.15) is 63.7 Å². The lowest BCUT2D eigenvalue weighted by Crippen LogP contribution is -2.24. The molecule has 3 N–H and O–H groups in total. The normalized spacial score (nSPS) is 14.4. The summed E-state index contributed by atoms with van der Waals surface area (Å²) in [4.78, 5) is 0. The molecule has 37 heavy (non-hydrogen) atoms. The number of thioether (sulfide) groups is 1. The first-order valence-corrected chi connectivity index (χ1v) is 13.6. The smallest absolute Gasteiger partial charge is 0.131 e. The van der Waals surface area contributed by atoms with Crippen molar-refractivity contribution in [3.8, 4) is 22.6 Å². The Morgan fingerprint density at radius 3 is 2.05 bits per heavy atom. The molecule has 0 radical (unpaired) electrons. The number of rotatable bonds is 4. The maximum atomic E-state index is 8.97. The summed E-state index contributed by atoms with van der Waals surface area (Å²) in [6, 6.07) is 24.9. The van der Waals surface area contributed by atoms with E-state index in [1.54, 1.807) is 0 Å². The van der Waals surface area contributed by atoms with Crippen LogP contribution in [0.2, 0.25) is 0 Å². The van der Waals surface area contributed by atoms with Crippen LogP contribution in [0.3, 0.4) is 0 Å². The second kappa shape index (κ2) is 9.51. The van der Waals surface area contributed by atoms with Crippen LogP contribution in [0, 0.1) is 33.1 Å². The van der Waals surface area contributed by atoms with Gasteiger partial charge in [0.25, 0.3) is 0 Å². The summed E-state index contributed by atoms with van der Waals surface area (Å²) in [5.41, 5.74) is 17.8. The van der Waals surface area contributed by atoms with Crippen molar-refractivity contribution < 1.29 is 4.74 Å². The molecule has 0 saturated heterocycles. The van der Waals surface area contributed by atoms with Gasteiger partial charge in [-0.3, -0.25) is 5.41 Å². The molecule has 1 aliphatic heterocycles. The number of benzene rings is 4. The first-order valence-electron chi connectivity index (χ1n) is 12.7. The van der Waals surface area contributed by atoms with Crippen molar-refractivity contribution >= 4 is 16.8 Å². The molecule has 0 aromatic heterocycles. The largest absolute Gasteiger partial charge is 0.457 e. The van der Waals surface area contributed by atoms with Crippen molar-refractivity contribution in [3.63, 3.8) is 0 Å². The fourth-order valence-corrected chi connectivity index (χ4v) is 6.55. The van der Waals surface area contributed by atoms with E-state index >= 15 is 0 Å². The fourth-order valence-electron chi connectivity index (χ4n) is 5.58. The Bertz CT molecular complexity index is 1490. The summed E-state index contributed by atoms with van der Waals surface area (Å²) >= 11 is 1.41. The van der Waals surface area contributed by atoms with Gasteiger partial charge in [0, 0.05) is 22.1 Å². The fraction of sp³-hybridized carbons (Fsp3) is 0.242. The molecule has 4 aromatic carbocycles.